The Morgan fingerprint density at radius 1 is 1.43 bits per heavy atom. The molecule has 0 amide bonds. The molecule has 1 N–H and O–H groups in total. The topological polar surface area (TPSA) is 76.9 Å². The average Bonchev–Trinajstić information content (AvgIpc) is 2.27. The molecular formula is C7H14N4O2S. The van der Waals surface area contributed by atoms with Crippen LogP contribution in [0.3, 0.4) is 0 Å². The summed E-state index contributed by atoms with van der Waals surface area (Å²) in [5.74, 6) is 0. The van der Waals surface area contributed by atoms with E-state index in [1.54, 1.807) is 27.8 Å². The maximum absolute atomic E-state index is 11.7. The van der Waals surface area contributed by atoms with E-state index in [0.717, 1.165) is 0 Å². The van der Waals surface area contributed by atoms with E-state index in [-0.39, 0.29) is 11.1 Å². The molecule has 0 saturated heterocycles. The van der Waals surface area contributed by atoms with E-state index in [2.05, 4.69) is 15.0 Å². The molecule has 14 heavy (non-hydrogen) atoms. The number of nitrogens with one attached hydrogen (secondary N) is 1. The van der Waals surface area contributed by atoms with Gasteiger partial charge < -0.3 is 0 Å². The van der Waals surface area contributed by atoms with Gasteiger partial charge in [-0.15, -0.1) is 5.10 Å². The van der Waals surface area contributed by atoms with Gasteiger partial charge in [-0.1, -0.05) is 5.21 Å². The lowest BCUT2D eigenvalue weighted by Gasteiger charge is -2.09. The minimum absolute atomic E-state index is 0.117. The van der Waals surface area contributed by atoms with Gasteiger partial charge >= 0.3 is 0 Å². The number of hydrogen-bond donors (Lipinski definition) is 1. The van der Waals surface area contributed by atoms with Crippen LogP contribution < -0.4 is 4.72 Å². The minimum Gasteiger partial charge on any atom is -0.236 e. The Morgan fingerprint density at radius 3 is 2.36 bits per heavy atom. The van der Waals surface area contributed by atoms with Crippen molar-refractivity contribution in [2.75, 3.05) is 0 Å². The van der Waals surface area contributed by atoms with Gasteiger partial charge in [0.15, 0.2) is 5.03 Å². The van der Waals surface area contributed by atoms with Crippen molar-refractivity contribution in [3.05, 3.63) is 5.69 Å². The van der Waals surface area contributed by atoms with Gasteiger partial charge in [0.25, 0.3) is 10.0 Å². The maximum atomic E-state index is 11.7. The fourth-order valence-corrected chi connectivity index (χ4v) is 2.73. The first-order chi connectivity index (χ1) is 6.34. The summed E-state index contributed by atoms with van der Waals surface area (Å²) >= 11 is 0. The van der Waals surface area contributed by atoms with Gasteiger partial charge in [0, 0.05) is 13.1 Å². The summed E-state index contributed by atoms with van der Waals surface area (Å²) in [7, 11) is -1.94. The van der Waals surface area contributed by atoms with Gasteiger partial charge in [0.05, 0.1) is 0 Å². The largest absolute Gasteiger partial charge is 0.259 e. The molecule has 7 heteroatoms. The highest BCUT2D eigenvalue weighted by Crippen LogP contribution is 2.10. The van der Waals surface area contributed by atoms with Crippen molar-refractivity contribution in [3.8, 4) is 0 Å². The zero-order chi connectivity index (χ0) is 10.9. The van der Waals surface area contributed by atoms with Crippen LogP contribution in [0.15, 0.2) is 5.03 Å². The third-order valence-corrected chi connectivity index (χ3v) is 3.43. The molecule has 0 saturated carbocycles. The molecule has 0 fully saturated rings. The fraction of sp³-hybridized carbons (Fsp3) is 0.714. The number of rotatable bonds is 3. The summed E-state index contributed by atoms with van der Waals surface area (Å²) in [6.07, 6.45) is 0. The van der Waals surface area contributed by atoms with Crippen molar-refractivity contribution in [1.82, 2.24) is 19.7 Å². The predicted molar refractivity (Wildman–Crippen MR) is 51.2 cm³/mol. The molecule has 1 rings (SSSR count). The first kappa shape index (κ1) is 11.1. The second kappa shape index (κ2) is 3.66. The molecule has 0 aliphatic carbocycles. The quantitative estimate of drug-likeness (QED) is 0.763. The molecule has 6 nitrogen and oxygen atoms in total. The molecule has 0 aliphatic rings. The summed E-state index contributed by atoms with van der Waals surface area (Å²) in [5, 5.41) is 7.44. The van der Waals surface area contributed by atoms with Crippen molar-refractivity contribution in [2.24, 2.45) is 7.05 Å². The molecule has 0 aliphatic heterocycles. The van der Waals surface area contributed by atoms with E-state index in [9.17, 15) is 8.42 Å². The Bertz CT molecular complexity index is 401. The third-order valence-electron chi connectivity index (χ3n) is 1.58. The summed E-state index contributed by atoms with van der Waals surface area (Å²) in [6, 6.07) is -0.144. The molecule has 0 radical (unpaired) electrons. The number of hydrogen-bond acceptors (Lipinski definition) is 4. The Morgan fingerprint density at radius 2 is 2.00 bits per heavy atom. The molecule has 80 valence electrons. The Labute approximate surface area is 83.4 Å². The van der Waals surface area contributed by atoms with Gasteiger partial charge in [-0.25, -0.2) is 17.8 Å². The number of aryl methyl sites for hydroxylation is 2. The van der Waals surface area contributed by atoms with Crippen LogP contribution in [0.1, 0.15) is 19.5 Å². The van der Waals surface area contributed by atoms with Crippen LogP contribution in [-0.4, -0.2) is 29.5 Å². The van der Waals surface area contributed by atoms with Crippen molar-refractivity contribution in [2.45, 2.75) is 31.8 Å². The number of sulfonamides is 1. The molecule has 0 spiro atoms. The molecule has 0 atom stereocenters. The predicted octanol–water partition coefficient (Wildman–Crippen LogP) is -0.190. The van der Waals surface area contributed by atoms with Crippen molar-refractivity contribution in [3.63, 3.8) is 0 Å². The van der Waals surface area contributed by atoms with Gasteiger partial charge in [-0.3, -0.25) is 0 Å². The van der Waals surface area contributed by atoms with Gasteiger partial charge in [-0.05, 0) is 20.8 Å². The number of aromatic nitrogens is 3. The highest BCUT2D eigenvalue weighted by molar-refractivity contribution is 7.89. The van der Waals surface area contributed by atoms with Gasteiger partial charge in [0.1, 0.15) is 5.69 Å². The van der Waals surface area contributed by atoms with Gasteiger partial charge in [0.2, 0.25) is 0 Å². The lowest BCUT2D eigenvalue weighted by Crippen LogP contribution is -2.32. The summed E-state index contributed by atoms with van der Waals surface area (Å²) in [4.78, 5) is 0. The van der Waals surface area contributed by atoms with E-state index in [4.69, 9.17) is 0 Å². The highest BCUT2D eigenvalue weighted by atomic mass is 32.2. The normalized spacial score (nSPS) is 12.4. The fourth-order valence-electron chi connectivity index (χ4n) is 1.19. The Kier molecular flexibility index (Phi) is 2.91. The Balaban J connectivity index is 3.17. The molecule has 1 aromatic rings. The monoisotopic (exact) mass is 218 g/mol. The maximum Gasteiger partial charge on any atom is 0.259 e. The van der Waals surface area contributed by atoms with E-state index in [1.165, 1.54) is 4.68 Å². The summed E-state index contributed by atoms with van der Waals surface area (Å²) in [5.41, 5.74) is 0.403. The zero-order valence-electron chi connectivity index (χ0n) is 8.64. The highest BCUT2D eigenvalue weighted by Gasteiger charge is 2.23. The standard InChI is InChI=1S/C7H14N4O2S/c1-5(2)9-14(12,13)7-6(3)8-10-11(7)4/h5,9H,1-4H3. The van der Waals surface area contributed by atoms with Crippen molar-refractivity contribution in [1.29, 1.82) is 0 Å². The minimum atomic E-state index is -3.49. The first-order valence-corrected chi connectivity index (χ1v) is 5.71. The zero-order valence-corrected chi connectivity index (χ0v) is 9.46. The third kappa shape index (κ3) is 2.10. The van der Waals surface area contributed by atoms with Crippen LogP contribution in [0.5, 0.6) is 0 Å². The average molecular weight is 218 g/mol. The molecular weight excluding hydrogens is 204 g/mol. The van der Waals surface area contributed by atoms with Crippen LogP contribution in [0.25, 0.3) is 0 Å². The van der Waals surface area contributed by atoms with E-state index in [0.29, 0.717) is 5.69 Å². The summed E-state index contributed by atoms with van der Waals surface area (Å²) < 4.78 is 27.2. The molecule has 0 aromatic carbocycles. The van der Waals surface area contributed by atoms with Crippen LogP contribution in [0, 0.1) is 6.92 Å². The smallest absolute Gasteiger partial charge is 0.236 e. The van der Waals surface area contributed by atoms with E-state index in [1.807, 2.05) is 0 Å². The lowest BCUT2D eigenvalue weighted by molar-refractivity contribution is 0.550. The summed E-state index contributed by atoms with van der Waals surface area (Å²) in [6.45, 7) is 5.13. The van der Waals surface area contributed by atoms with E-state index >= 15 is 0 Å². The second-order valence-electron chi connectivity index (χ2n) is 3.38. The number of nitrogens with zero attached hydrogens (tertiary/aromatic N) is 3. The molecule has 1 heterocycles. The molecule has 0 bridgehead atoms. The molecule has 0 unspecified atom stereocenters. The van der Waals surface area contributed by atoms with Gasteiger partial charge in [-0.2, -0.15) is 0 Å². The lowest BCUT2D eigenvalue weighted by atomic mass is 10.4. The van der Waals surface area contributed by atoms with Crippen molar-refractivity contribution < 1.29 is 8.42 Å². The van der Waals surface area contributed by atoms with Crippen molar-refractivity contribution >= 4 is 10.0 Å². The van der Waals surface area contributed by atoms with Crippen LogP contribution in [0.4, 0.5) is 0 Å². The first-order valence-electron chi connectivity index (χ1n) is 4.23. The van der Waals surface area contributed by atoms with Crippen LogP contribution in [-0.2, 0) is 17.1 Å². The van der Waals surface area contributed by atoms with Crippen LogP contribution in [0.2, 0.25) is 0 Å². The SMILES string of the molecule is Cc1nnn(C)c1S(=O)(=O)NC(C)C. The Hall–Kier alpha value is -0.950. The van der Waals surface area contributed by atoms with E-state index < -0.39 is 10.0 Å². The second-order valence-corrected chi connectivity index (χ2v) is 5.01. The molecule has 1 aromatic heterocycles. The van der Waals surface area contributed by atoms with Crippen LogP contribution >= 0.6 is 0 Å².